The van der Waals surface area contributed by atoms with Crippen LogP contribution in [0.2, 0.25) is 0 Å². The van der Waals surface area contributed by atoms with Gasteiger partial charge in [-0.3, -0.25) is 4.79 Å². The van der Waals surface area contributed by atoms with Crippen LogP contribution < -0.4 is 10.1 Å². The van der Waals surface area contributed by atoms with Crippen LogP contribution in [0.5, 0.6) is 5.75 Å². The lowest BCUT2D eigenvalue weighted by Crippen LogP contribution is -2.43. The molecule has 0 heterocycles. The van der Waals surface area contributed by atoms with E-state index in [-0.39, 0.29) is 11.9 Å². The van der Waals surface area contributed by atoms with Gasteiger partial charge in [-0.05, 0) is 48.4 Å². The molecule has 1 aliphatic rings. The van der Waals surface area contributed by atoms with E-state index in [9.17, 15) is 4.79 Å². The third-order valence-electron chi connectivity index (χ3n) is 5.39. The molecule has 0 aromatic heterocycles. The standard InChI is InChI=1S/C23H29NO2/c1-26-21-14-12-19(13-15-21)17-23(25)24-22(20-10-6-3-7-11-20)16-18-8-4-2-5-9-18/h2,4-5,8-9,12-15,20,22H,3,6-7,10-11,16-17H2,1H3,(H,24,25). The number of nitrogens with one attached hydrogen (secondary N) is 1. The van der Waals surface area contributed by atoms with Crippen molar-refractivity contribution < 1.29 is 9.53 Å². The summed E-state index contributed by atoms with van der Waals surface area (Å²) in [7, 11) is 1.65. The van der Waals surface area contributed by atoms with Gasteiger partial charge in [0.2, 0.25) is 5.91 Å². The van der Waals surface area contributed by atoms with Gasteiger partial charge in [0.1, 0.15) is 5.75 Å². The molecule has 1 amide bonds. The van der Waals surface area contributed by atoms with E-state index < -0.39 is 0 Å². The van der Waals surface area contributed by atoms with Crippen molar-refractivity contribution in [3.8, 4) is 5.75 Å². The van der Waals surface area contributed by atoms with Gasteiger partial charge in [-0.15, -0.1) is 0 Å². The fourth-order valence-electron chi connectivity index (χ4n) is 3.93. The zero-order chi connectivity index (χ0) is 18.2. The first-order valence-corrected chi connectivity index (χ1v) is 9.71. The van der Waals surface area contributed by atoms with Gasteiger partial charge in [0, 0.05) is 6.04 Å². The van der Waals surface area contributed by atoms with Gasteiger partial charge in [0.15, 0.2) is 0 Å². The van der Waals surface area contributed by atoms with Crippen molar-refractivity contribution in [2.24, 2.45) is 5.92 Å². The monoisotopic (exact) mass is 351 g/mol. The number of methoxy groups -OCH3 is 1. The summed E-state index contributed by atoms with van der Waals surface area (Å²) in [5, 5.41) is 3.34. The van der Waals surface area contributed by atoms with Gasteiger partial charge in [0.25, 0.3) is 0 Å². The van der Waals surface area contributed by atoms with Crippen LogP contribution in [0.25, 0.3) is 0 Å². The van der Waals surface area contributed by atoms with Gasteiger partial charge in [-0.1, -0.05) is 61.7 Å². The second-order valence-corrected chi connectivity index (χ2v) is 7.29. The Hall–Kier alpha value is -2.29. The number of hydrogen-bond donors (Lipinski definition) is 1. The second-order valence-electron chi connectivity index (χ2n) is 7.29. The highest BCUT2D eigenvalue weighted by Gasteiger charge is 2.25. The molecule has 1 aliphatic carbocycles. The van der Waals surface area contributed by atoms with Crippen molar-refractivity contribution in [1.82, 2.24) is 5.32 Å². The van der Waals surface area contributed by atoms with Crippen molar-refractivity contribution in [2.75, 3.05) is 7.11 Å². The number of ether oxygens (including phenoxy) is 1. The van der Waals surface area contributed by atoms with Crippen molar-refractivity contribution in [2.45, 2.75) is 51.0 Å². The van der Waals surface area contributed by atoms with E-state index in [4.69, 9.17) is 4.74 Å². The predicted molar refractivity (Wildman–Crippen MR) is 105 cm³/mol. The first-order valence-electron chi connectivity index (χ1n) is 9.71. The molecule has 138 valence electrons. The van der Waals surface area contributed by atoms with E-state index in [0.717, 1.165) is 17.7 Å². The lowest BCUT2D eigenvalue weighted by Gasteiger charge is -2.31. The highest BCUT2D eigenvalue weighted by atomic mass is 16.5. The smallest absolute Gasteiger partial charge is 0.224 e. The molecule has 1 fully saturated rings. The Morgan fingerprint density at radius 3 is 2.35 bits per heavy atom. The van der Waals surface area contributed by atoms with Gasteiger partial charge >= 0.3 is 0 Å². The number of rotatable bonds is 7. The van der Waals surface area contributed by atoms with Crippen LogP contribution >= 0.6 is 0 Å². The third-order valence-corrected chi connectivity index (χ3v) is 5.39. The molecule has 0 aliphatic heterocycles. The van der Waals surface area contributed by atoms with E-state index in [1.807, 2.05) is 30.3 Å². The van der Waals surface area contributed by atoms with Gasteiger partial charge < -0.3 is 10.1 Å². The predicted octanol–water partition coefficient (Wildman–Crippen LogP) is 4.55. The minimum Gasteiger partial charge on any atom is -0.497 e. The Bertz CT molecular complexity index is 675. The van der Waals surface area contributed by atoms with Gasteiger partial charge in [-0.25, -0.2) is 0 Å². The van der Waals surface area contributed by atoms with E-state index in [2.05, 4.69) is 29.6 Å². The highest BCUT2D eigenvalue weighted by Crippen LogP contribution is 2.28. The number of amides is 1. The van der Waals surface area contributed by atoms with Crippen molar-refractivity contribution in [1.29, 1.82) is 0 Å². The normalized spacial score (nSPS) is 16.0. The third kappa shape index (κ3) is 5.35. The summed E-state index contributed by atoms with van der Waals surface area (Å²) in [5.41, 5.74) is 2.32. The van der Waals surface area contributed by atoms with E-state index in [1.54, 1.807) is 7.11 Å². The minimum atomic E-state index is 0.113. The number of hydrogen-bond acceptors (Lipinski definition) is 2. The Morgan fingerprint density at radius 1 is 1.00 bits per heavy atom. The SMILES string of the molecule is COc1ccc(CC(=O)NC(Cc2ccccc2)C2CCCCC2)cc1. The molecule has 1 unspecified atom stereocenters. The Morgan fingerprint density at radius 2 is 1.69 bits per heavy atom. The molecule has 26 heavy (non-hydrogen) atoms. The Kier molecular flexibility index (Phi) is 6.70. The second kappa shape index (κ2) is 9.42. The molecule has 0 bridgehead atoms. The number of benzene rings is 2. The summed E-state index contributed by atoms with van der Waals surface area (Å²) >= 11 is 0. The number of carbonyl (C=O) groups is 1. The van der Waals surface area contributed by atoms with E-state index >= 15 is 0 Å². The molecule has 1 N–H and O–H groups in total. The van der Waals surface area contributed by atoms with Crippen LogP contribution in [-0.2, 0) is 17.6 Å². The molecule has 2 aromatic carbocycles. The maximum Gasteiger partial charge on any atom is 0.224 e. The fraction of sp³-hybridized carbons (Fsp3) is 0.435. The van der Waals surface area contributed by atoms with Crippen LogP contribution in [0.4, 0.5) is 0 Å². The van der Waals surface area contributed by atoms with Crippen LogP contribution in [-0.4, -0.2) is 19.1 Å². The topological polar surface area (TPSA) is 38.3 Å². The molecule has 0 radical (unpaired) electrons. The highest BCUT2D eigenvalue weighted by molar-refractivity contribution is 5.79. The maximum absolute atomic E-state index is 12.7. The zero-order valence-corrected chi connectivity index (χ0v) is 15.6. The fourth-order valence-corrected chi connectivity index (χ4v) is 3.93. The molecule has 3 heteroatoms. The molecule has 1 atom stereocenters. The average molecular weight is 351 g/mol. The molecule has 0 spiro atoms. The summed E-state index contributed by atoms with van der Waals surface area (Å²) in [5.74, 6) is 1.52. The lowest BCUT2D eigenvalue weighted by atomic mass is 9.81. The maximum atomic E-state index is 12.7. The Labute approximate surface area is 156 Å². The molecule has 2 aromatic rings. The Balaban J connectivity index is 1.64. The summed E-state index contributed by atoms with van der Waals surface area (Å²) < 4.78 is 5.18. The molecular formula is C23H29NO2. The van der Waals surface area contributed by atoms with Gasteiger partial charge in [-0.2, -0.15) is 0 Å². The molecular weight excluding hydrogens is 322 g/mol. The lowest BCUT2D eigenvalue weighted by molar-refractivity contribution is -0.121. The summed E-state index contributed by atoms with van der Waals surface area (Å²) in [4.78, 5) is 12.7. The average Bonchev–Trinajstić information content (AvgIpc) is 2.69. The van der Waals surface area contributed by atoms with Crippen molar-refractivity contribution >= 4 is 5.91 Å². The van der Waals surface area contributed by atoms with Crippen LogP contribution in [0, 0.1) is 5.92 Å². The van der Waals surface area contributed by atoms with Crippen LogP contribution in [0.15, 0.2) is 54.6 Å². The minimum absolute atomic E-state index is 0.113. The van der Waals surface area contributed by atoms with E-state index in [1.165, 1.54) is 37.7 Å². The van der Waals surface area contributed by atoms with Crippen LogP contribution in [0.3, 0.4) is 0 Å². The first kappa shape index (κ1) is 18.5. The molecule has 1 saturated carbocycles. The van der Waals surface area contributed by atoms with Crippen molar-refractivity contribution in [3.63, 3.8) is 0 Å². The van der Waals surface area contributed by atoms with Gasteiger partial charge in [0.05, 0.1) is 13.5 Å². The molecule has 0 saturated heterocycles. The quantitative estimate of drug-likeness (QED) is 0.795. The van der Waals surface area contributed by atoms with Crippen molar-refractivity contribution in [3.05, 3.63) is 65.7 Å². The largest absolute Gasteiger partial charge is 0.497 e. The number of carbonyl (C=O) groups excluding carboxylic acids is 1. The summed E-state index contributed by atoms with van der Waals surface area (Å²) in [6, 6.07) is 18.5. The molecule has 3 rings (SSSR count). The summed E-state index contributed by atoms with van der Waals surface area (Å²) in [6.07, 6.45) is 7.67. The summed E-state index contributed by atoms with van der Waals surface area (Å²) in [6.45, 7) is 0. The molecule has 3 nitrogen and oxygen atoms in total. The zero-order valence-electron chi connectivity index (χ0n) is 15.6. The van der Waals surface area contributed by atoms with Crippen LogP contribution in [0.1, 0.15) is 43.2 Å². The van der Waals surface area contributed by atoms with E-state index in [0.29, 0.717) is 12.3 Å². The first-order chi connectivity index (χ1) is 12.7.